The third-order valence-electron chi connectivity index (χ3n) is 2.30. The fraction of sp³-hybridized carbons (Fsp3) is 0.556. The van der Waals surface area contributed by atoms with Crippen molar-refractivity contribution >= 4 is 29.0 Å². The van der Waals surface area contributed by atoms with E-state index in [1.165, 1.54) is 6.20 Å². The standard InChI is InChI=1S/C9H11Cl2N3O/c10-7-4-13-9(11)14-8(7)12-3-6-1-2-15-5-6/h4,6H,1-3,5H2,(H,12,13,14). The summed E-state index contributed by atoms with van der Waals surface area (Å²) in [5, 5.41) is 3.83. The molecule has 0 saturated carbocycles. The Kier molecular flexibility index (Phi) is 3.61. The van der Waals surface area contributed by atoms with Gasteiger partial charge in [0.2, 0.25) is 5.28 Å². The molecule has 0 aromatic carbocycles. The fourth-order valence-electron chi connectivity index (χ4n) is 1.45. The van der Waals surface area contributed by atoms with Gasteiger partial charge in [-0.25, -0.2) is 4.98 Å². The summed E-state index contributed by atoms with van der Waals surface area (Å²) in [7, 11) is 0. The second-order valence-electron chi connectivity index (χ2n) is 3.45. The molecule has 0 aliphatic carbocycles. The Labute approximate surface area is 98.0 Å². The van der Waals surface area contributed by atoms with Crippen LogP contribution in [0.5, 0.6) is 0 Å². The number of hydrogen-bond donors (Lipinski definition) is 1. The second-order valence-corrected chi connectivity index (χ2v) is 4.19. The summed E-state index contributed by atoms with van der Waals surface area (Å²) < 4.78 is 5.27. The van der Waals surface area contributed by atoms with Gasteiger partial charge in [0, 0.05) is 19.1 Å². The lowest BCUT2D eigenvalue weighted by Crippen LogP contribution is -2.15. The lowest BCUT2D eigenvalue weighted by molar-refractivity contribution is 0.187. The van der Waals surface area contributed by atoms with Gasteiger partial charge >= 0.3 is 0 Å². The van der Waals surface area contributed by atoms with Crippen LogP contribution in [-0.2, 0) is 4.74 Å². The average molecular weight is 248 g/mol. The molecule has 0 spiro atoms. The molecule has 0 radical (unpaired) electrons. The van der Waals surface area contributed by atoms with Crippen molar-refractivity contribution in [2.75, 3.05) is 25.1 Å². The van der Waals surface area contributed by atoms with Gasteiger partial charge in [0.05, 0.1) is 12.8 Å². The zero-order valence-corrected chi connectivity index (χ0v) is 9.55. The molecule has 1 aliphatic rings. The van der Waals surface area contributed by atoms with Crippen molar-refractivity contribution in [2.24, 2.45) is 5.92 Å². The highest BCUT2D eigenvalue weighted by Crippen LogP contribution is 2.20. The Hall–Kier alpha value is -0.580. The predicted molar refractivity (Wildman–Crippen MR) is 59.5 cm³/mol. The molecule has 1 aliphatic heterocycles. The minimum atomic E-state index is 0.199. The maximum atomic E-state index is 5.90. The Balaban J connectivity index is 1.94. The number of halogens is 2. The summed E-state index contributed by atoms with van der Waals surface area (Å²) in [6.07, 6.45) is 2.56. The van der Waals surface area contributed by atoms with E-state index in [-0.39, 0.29) is 5.28 Å². The van der Waals surface area contributed by atoms with E-state index in [4.69, 9.17) is 27.9 Å². The molecule has 1 N–H and O–H groups in total. The number of ether oxygens (including phenoxy) is 1. The molecule has 1 unspecified atom stereocenters. The Bertz CT molecular complexity index is 342. The number of hydrogen-bond acceptors (Lipinski definition) is 4. The molecule has 0 bridgehead atoms. The maximum absolute atomic E-state index is 5.90. The number of anilines is 1. The van der Waals surface area contributed by atoms with E-state index in [0.29, 0.717) is 16.8 Å². The molecule has 1 aromatic heterocycles. The Morgan fingerprint density at radius 1 is 1.53 bits per heavy atom. The van der Waals surface area contributed by atoms with Gasteiger partial charge in [0.15, 0.2) is 0 Å². The predicted octanol–water partition coefficient (Wildman–Crippen LogP) is 2.23. The van der Waals surface area contributed by atoms with Crippen molar-refractivity contribution in [1.29, 1.82) is 0 Å². The van der Waals surface area contributed by atoms with Gasteiger partial charge in [-0.3, -0.25) is 0 Å². The SMILES string of the molecule is Clc1ncc(Cl)c(NCC2CCOC2)n1. The smallest absolute Gasteiger partial charge is 0.224 e. The molecule has 2 heterocycles. The van der Waals surface area contributed by atoms with Gasteiger partial charge in [-0.15, -0.1) is 0 Å². The lowest BCUT2D eigenvalue weighted by atomic mass is 10.1. The zero-order valence-electron chi connectivity index (χ0n) is 8.04. The molecule has 15 heavy (non-hydrogen) atoms. The molecular weight excluding hydrogens is 237 g/mol. The first-order chi connectivity index (χ1) is 7.25. The third kappa shape index (κ3) is 2.93. The van der Waals surface area contributed by atoms with Crippen LogP contribution in [0.15, 0.2) is 6.20 Å². The molecule has 2 rings (SSSR count). The van der Waals surface area contributed by atoms with Crippen LogP contribution in [0.4, 0.5) is 5.82 Å². The maximum Gasteiger partial charge on any atom is 0.224 e. The van der Waals surface area contributed by atoms with Gasteiger partial charge in [-0.1, -0.05) is 11.6 Å². The molecule has 0 amide bonds. The third-order valence-corrected chi connectivity index (χ3v) is 2.76. The van der Waals surface area contributed by atoms with E-state index in [2.05, 4.69) is 15.3 Å². The molecule has 1 saturated heterocycles. The van der Waals surface area contributed by atoms with E-state index in [1.54, 1.807) is 0 Å². The van der Waals surface area contributed by atoms with Crippen LogP contribution in [0.3, 0.4) is 0 Å². The van der Waals surface area contributed by atoms with Crippen LogP contribution >= 0.6 is 23.2 Å². The summed E-state index contributed by atoms with van der Waals surface area (Å²) in [5.41, 5.74) is 0. The van der Waals surface area contributed by atoms with Gasteiger partial charge in [0.25, 0.3) is 0 Å². The first kappa shape index (κ1) is 10.9. The normalized spacial score (nSPS) is 20.5. The number of nitrogens with zero attached hydrogens (tertiary/aromatic N) is 2. The highest BCUT2D eigenvalue weighted by molar-refractivity contribution is 6.33. The first-order valence-electron chi connectivity index (χ1n) is 4.75. The molecule has 6 heteroatoms. The number of aromatic nitrogens is 2. The highest BCUT2D eigenvalue weighted by Gasteiger charge is 2.16. The molecule has 1 aromatic rings. The quantitative estimate of drug-likeness (QED) is 0.833. The molecule has 1 atom stereocenters. The van der Waals surface area contributed by atoms with Crippen molar-refractivity contribution in [1.82, 2.24) is 9.97 Å². The van der Waals surface area contributed by atoms with Crippen LogP contribution in [0.1, 0.15) is 6.42 Å². The number of nitrogens with one attached hydrogen (secondary N) is 1. The summed E-state index contributed by atoms with van der Waals surface area (Å²) in [6.45, 7) is 2.43. The molecule has 4 nitrogen and oxygen atoms in total. The van der Waals surface area contributed by atoms with Gasteiger partial charge in [-0.05, 0) is 18.0 Å². The van der Waals surface area contributed by atoms with Crippen molar-refractivity contribution < 1.29 is 4.74 Å². The monoisotopic (exact) mass is 247 g/mol. The van der Waals surface area contributed by atoms with Gasteiger partial charge in [-0.2, -0.15) is 4.98 Å². The molecule has 1 fully saturated rings. The fourth-order valence-corrected chi connectivity index (χ4v) is 1.75. The van der Waals surface area contributed by atoms with E-state index >= 15 is 0 Å². The average Bonchev–Trinajstić information content (AvgIpc) is 2.72. The molecule has 82 valence electrons. The van der Waals surface area contributed by atoms with Crippen LogP contribution < -0.4 is 5.32 Å². The van der Waals surface area contributed by atoms with Crippen LogP contribution in [-0.4, -0.2) is 29.7 Å². The van der Waals surface area contributed by atoms with Crippen LogP contribution in [0.25, 0.3) is 0 Å². The Morgan fingerprint density at radius 3 is 3.13 bits per heavy atom. The van der Waals surface area contributed by atoms with Crippen molar-refractivity contribution in [2.45, 2.75) is 6.42 Å². The van der Waals surface area contributed by atoms with Crippen LogP contribution in [0, 0.1) is 5.92 Å². The highest BCUT2D eigenvalue weighted by atomic mass is 35.5. The van der Waals surface area contributed by atoms with Gasteiger partial charge in [0.1, 0.15) is 10.8 Å². The second kappa shape index (κ2) is 4.96. The van der Waals surface area contributed by atoms with E-state index in [0.717, 1.165) is 26.2 Å². The van der Waals surface area contributed by atoms with Crippen LogP contribution in [0.2, 0.25) is 10.3 Å². The van der Waals surface area contributed by atoms with E-state index in [9.17, 15) is 0 Å². The summed E-state index contributed by atoms with van der Waals surface area (Å²) in [4.78, 5) is 7.78. The summed E-state index contributed by atoms with van der Waals surface area (Å²) >= 11 is 11.6. The van der Waals surface area contributed by atoms with E-state index in [1.807, 2.05) is 0 Å². The minimum Gasteiger partial charge on any atom is -0.381 e. The summed E-state index contributed by atoms with van der Waals surface area (Å²) in [6, 6.07) is 0. The van der Waals surface area contributed by atoms with Crippen molar-refractivity contribution in [3.8, 4) is 0 Å². The van der Waals surface area contributed by atoms with Crippen molar-refractivity contribution in [3.63, 3.8) is 0 Å². The topological polar surface area (TPSA) is 47.0 Å². The minimum absolute atomic E-state index is 0.199. The summed E-state index contributed by atoms with van der Waals surface area (Å²) in [5.74, 6) is 1.11. The first-order valence-corrected chi connectivity index (χ1v) is 5.51. The lowest BCUT2D eigenvalue weighted by Gasteiger charge is -2.10. The zero-order chi connectivity index (χ0) is 10.7. The van der Waals surface area contributed by atoms with Gasteiger partial charge < -0.3 is 10.1 Å². The van der Waals surface area contributed by atoms with Crippen molar-refractivity contribution in [3.05, 3.63) is 16.5 Å². The molecular formula is C9H11Cl2N3O. The Morgan fingerprint density at radius 2 is 2.40 bits per heavy atom. The number of rotatable bonds is 3. The van der Waals surface area contributed by atoms with E-state index < -0.39 is 0 Å². The largest absolute Gasteiger partial charge is 0.381 e.